The maximum Gasteiger partial charge on any atom is 0.324 e. The summed E-state index contributed by atoms with van der Waals surface area (Å²) in [6.45, 7) is 0.679. The van der Waals surface area contributed by atoms with E-state index in [9.17, 15) is 9.59 Å². The van der Waals surface area contributed by atoms with Gasteiger partial charge in [-0.05, 0) is 59.4 Å². The minimum Gasteiger partial charge on any atom is -0.347 e. The minimum atomic E-state index is -0.824. The van der Waals surface area contributed by atoms with E-state index in [4.69, 9.17) is 9.97 Å². The van der Waals surface area contributed by atoms with Crippen LogP contribution in [0.1, 0.15) is 27.9 Å². The molecule has 0 saturated carbocycles. The number of carbonyl (C=O) groups is 2. The molecule has 1 N–H and O–H groups in total. The van der Waals surface area contributed by atoms with Crippen molar-refractivity contribution in [2.24, 2.45) is 0 Å². The zero-order valence-electron chi connectivity index (χ0n) is 20.6. The molecule has 7 rings (SSSR count). The van der Waals surface area contributed by atoms with Crippen LogP contribution >= 0.6 is 0 Å². The Morgan fingerprint density at radius 3 is 2.57 bits per heavy atom. The zero-order valence-corrected chi connectivity index (χ0v) is 20.6. The van der Waals surface area contributed by atoms with Gasteiger partial charge in [0.25, 0.3) is 5.91 Å². The number of anilines is 1. The summed E-state index contributed by atoms with van der Waals surface area (Å²) in [5.74, 6) is 0.833. The van der Waals surface area contributed by atoms with Gasteiger partial charge in [-0.3, -0.25) is 15.1 Å². The van der Waals surface area contributed by atoms with E-state index < -0.39 is 5.54 Å². The molecule has 184 valence electrons. The van der Waals surface area contributed by atoms with Gasteiger partial charge in [0.1, 0.15) is 11.4 Å². The van der Waals surface area contributed by atoms with Gasteiger partial charge in [0.05, 0.1) is 17.8 Å². The van der Waals surface area contributed by atoms with E-state index in [1.165, 1.54) is 11.1 Å². The topological polar surface area (TPSA) is 78.4 Å². The second kappa shape index (κ2) is 8.13. The molecule has 2 aromatic heterocycles. The third kappa shape index (κ3) is 3.49. The van der Waals surface area contributed by atoms with Crippen molar-refractivity contribution in [2.75, 3.05) is 11.9 Å². The van der Waals surface area contributed by atoms with Gasteiger partial charge >= 0.3 is 6.03 Å². The fraction of sp³-hybridized carbons (Fsp3) is 0.267. The quantitative estimate of drug-likeness (QED) is 0.441. The summed E-state index contributed by atoms with van der Waals surface area (Å²) in [5.41, 5.74) is 5.88. The molecule has 37 heavy (non-hydrogen) atoms. The largest absolute Gasteiger partial charge is 0.347 e. The number of likely N-dealkylation sites (N-methyl/N-ethyl adjacent to an activating group) is 1. The molecule has 1 fully saturated rings. The van der Waals surface area contributed by atoms with E-state index in [2.05, 4.69) is 70.9 Å². The maximum atomic E-state index is 12.7. The Hall–Kier alpha value is -4.26. The fourth-order valence-corrected chi connectivity index (χ4v) is 6.29. The van der Waals surface area contributed by atoms with Crippen LogP contribution in [0.4, 0.5) is 10.6 Å². The number of hydrogen-bond acceptors (Lipinski definition) is 5. The third-order valence-electron chi connectivity index (χ3n) is 8.31. The van der Waals surface area contributed by atoms with Crippen molar-refractivity contribution < 1.29 is 9.59 Å². The molecule has 0 bridgehead atoms. The number of benzene rings is 2. The Kier molecular flexibility index (Phi) is 4.83. The lowest BCUT2D eigenvalue weighted by Gasteiger charge is -2.27. The van der Waals surface area contributed by atoms with Crippen LogP contribution < -0.4 is 10.2 Å². The van der Waals surface area contributed by atoms with E-state index in [1.807, 2.05) is 12.3 Å². The van der Waals surface area contributed by atoms with Gasteiger partial charge in [-0.15, -0.1) is 0 Å². The van der Waals surface area contributed by atoms with Crippen molar-refractivity contribution in [1.82, 2.24) is 20.2 Å². The molecule has 3 aliphatic rings. The van der Waals surface area contributed by atoms with E-state index in [-0.39, 0.29) is 11.9 Å². The van der Waals surface area contributed by atoms with Crippen LogP contribution in [0.3, 0.4) is 0 Å². The van der Waals surface area contributed by atoms with Crippen LogP contribution in [-0.2, 0) is 37.0 Å². The van der Waals surface area contributed by atoms with Crippen molar-refractivity contribution >= 4 is 28.7 Å². The number of aromatic nitrogens is 2. The lowest BCUT2D eigenvalue weighted by Crippen LogP contribution is -2.48. The van der Waals surface area contributed by atoms with Gasteiger partial charge in [-0.2, -0.15) is 0 Å². The standard InChI is InChI=1S/C30H27N5O2/c1-34-29(37)33-28(36)30(34)16-22-13-20-9-10-24(32-26(20)15-23(22)17-30)18-35-25(12-19-6-3-2-4-7-19)14-21-8-5-11-31-27(21)35/h2-11,13,15,25H,12,14,16-18H2,1H3,(H,33,36,37). The lowest BCUT2D eigenvalue weighted by atomic mass is 9.95. The molecule has 2 aromatic carbocycles. The Labute approximate surface area is 215 Å². The van der Waals surface area contributed by atoms with Gasteiger partial charge < -0.3 is 9.80 Å². The molecule has 0 radical (unpaired) electrons. The minimum absolute atomic E-state index is 0.210. The summed E-state index contributed by atoms with van der Waals surface area (Å²) in [7, 11) is 1.70. The summed E-state index contributed by atoms with van der Waals surface area (Å²) >= 11 is 0. The van der Waals surface area contributed by atoms with Crippen LogP contribution in [0, 0.1) is 0 Å². The molecule has 1 aliphatic carbocycles. The summed E-state index contributed by atoms with van der Waals surface area (Å²) in [5, 5.41) is 3.52. The number of carbonyl (C=O) groups excluding carboxylic acids is 2. The first-order valence-electron chi connectivity index (χ1n) is 12.8. The molecule has 2 atom stereocenters. The third-order valence-corrected chi connectivity index (χ3v) is 8.31. The molecule has 7 nitrogen and oxygen atoms in total. The summed E-state index contributed by atoms with van der Waals surface area (Å²) in [4.78, 5) is 38.6. The molecule has 1 spiro atoms. The normalized spacial score (nSPS) is 22.1. The highest BCUT2D eigenvalue weighted by molar-refractivity contribution is 6.07. The van der Waals surface area contributed by atoms with Crippen molar-refractivity contribution in [1.29, 1.82) is 0 Å². The first-order valence-corrected chi connectivity index (χ1v) is 12.8. The molecule has 7 heteroatoms. The van der Waals surface area contributed by atoms with E-state index in [0.29, 0.717) is 25.4 Å². The highest BCUT2D eigenvalue weighted by atomic mass is 16.2. The maximum absolute atomic E-state index is 12.7. The predicted molar refractivity (Wildman–Crippen MR) is 141 cm³/mol. The van der Waals surface area contributed by atoms with Gasteiger partial charge in [0, 0.05) is 37.5 Å². The van der Waals surface area contributed by atoms with Crippen molar-refractivity contribution in [3.8, 4) is 0 Å². The second-order valence-corrected chi connectivity index (χ2v) is 10.5. The van der Waals surface area contributed by atoms with Gasteiger partial charge in [-0.25, -0.2) is 9.78 Å². The number of nitrogens with one attached hydrogen (secondary N) is 1. The molecule has 4 aromatic rings. The number of imide groups is 1. The molecular weight excluding hydrogens is 462 g/mol. The zero-order chi connectivity index (χ0) is 25.1. The number of amides is 3. The average Bonchev–Trinajstić information content (AvgIpc) is 3.51. The van der Waals surface area contributed by atoms with Crippen LogP contribution in [0.15, 0.2) is 72.9 Å². The van der Waals surface area contributed by atoms with Gasteiger partial charge in [-0.1, -0.05) is 42.5 Å². The summed E-state index contributed by atoms with van der Waals surface area (Å²) in [6, 6.07) is 23.2. The molecule has 3 amide bonds. The number of urea groups is 1. The van der Waals surface area contributed by atoms with E-state index in [0.717, 1.165) is 46.4 Å². The highest BCUT2D eigenvalue weighted by Crippen LogP contribution is 2.39. The number of fused-ring (bicyclic) bond motifs is 3. The predicted octanol–water partition coefficient (Wildman–Crippen LogP) is 3.82. The number of rotatable bonds is 4. The molecule has 4 heterocycles. The molecule has 2 unspecified atom stereocenters. The SMILES string of the molecule is CN1C(=O)NC(=O)C12Cc1cc3ccc(CN4c5ncccc5CC4Cc4ccccc4)nc3cc1C2. The van der Waals surface area contributed by atoms with Crippen molar-refractivity contribution in [3.63, 3.8) is 0 Å². The van der Waals surface area contributed by atoms with Crippen LogP contribution in [-0.4, -0.2) is 45.4 Å². The average molecular weight is 490 g/mol. The molecule has 2 aliphatic heterocycles. The Morgan fingerprint density at radius 2 is 1.78 bits per heavy atom. The van der Waals surface area contributed by atoms with Crippen molar-refractivity contribution in [3.05, 3.63) is 101 Å². The van der Waals surface area contributed by atoms with E-state index >= 15 is 0 Å². The van der Waals surface area contributed by atoms with Crippen LogP contribution in [0.5, 0.6) is 0 Å². The lowest BCUT2D eigenvalue weighted by molar-refractivity contribution is -0.125. The highest BCUT2D eigenvalue weighted by Gasteiger charge is 2.54. The fourth-order valence-electron chi connectivity index (χ4n) is 6.29. The first-order chi connectivity index (χ1) is 18.0. The number of nitrogens with zero attached hydrogens (tertiary/aromatic N) is 4. The Morgan fingerprint density at radius 1 is 0.973 bits per heavy atom. The number of hydrogen-bond donors (Lipinski definition) is 1. The van der Waals surface area contributed by atoms with Crippen LogP contribution in [0.25, 0.3) is 10.9 Å². The smallest absolute Gasteiger partial charge is 0.324 e. The second-order valence-electron chi connectivity index (χ2n) is 10.5. The summed E-state index contributed by atoms with van der Waals surface area (Å²) in [6.07, 6.45) is 4.83. The summed E-state index contributed by atoms with van der Waals surface area (Å²) < 4.78 is 0. The van der Waals surface area contributed by atoms with E-state index in [1.54, 1.807) is 11.9 Å². The molecular formula is C30H27N5O2. The first kappa shape index (κ1) is 22.0. The Bertz CT molecular complexity index is 1570. The van der Waals surface area contributed by atoms with Gasteiger partial charge in [0.2, 0.25) is 0 Å². The monoisotopic (exact) mass is 489 g/mol. The van der Waals surface area contributed by atoms with Gasteiger partial charge in [0.15, 0.2) is 0 Å². The van der Waals surface area contributed by atoms with Crippen LogP contribution in [0.2, 0.25) is 0 Å². The molecule has 1 saturated heterocycles. The van der Waals surface area contributed by atoms with Crippen molar-refractivity contribution in [2.45, 2.75) is 43.8 Å². The number of pyridine rings is 2. The Balaban J connectivity index is 1.20.